The molecule has 16 heavy (non-hydrogen) atoms. The predicted octanol–water partition coefficient (Wildman–Crippen LogP) is 5.66. The summed E-state index contributed by atoms with van der Waals surface area (Å²) >= 11 is 0. The van der Waals surface area contributed by atoms with Gasteiger partial charge in [0.1, 0.15) is 0 Å². The smallest absolute Gasteiger partial charge is 0 e. The molecule has 0 aliphatic rings. The molecule has 0 aromatic heterocycles. The van der Waals surface area contributed by atoms with Crippen LogP contribution in [0.25, 0.3) is 0 Å². The molecular weight excluding hydrogens is 423 g/mol. The van der Waals surface area contributed by atoms with E-state index in [2.05, 4.69) is 26.8 Å². The van der Waals surface area contributed by atoms with Crippen molar-refractivity contribution in [3.63, 3.8) is 0 Å². The quantitative estimate of drug-likeness (QED) is 0.446. The Morgan fingerprint density at radius 1 is 0.812 bits per heavy atom. The van der Waals surface area contributed by atoms with E-state index in [1.165, 1.54) is 5.57 Å². The maximum atomic E-state index is 3.08. The van der Waals surface area contributed by atoms with Crippen molar-refractivity contribution in [2.75, 3.05) is 0 Å². The third kappa shape index (κ3) is 53.6. The van der Waals surface area contributed by atoms with Crippen LogP contribution >= 0.6 is 0 Å². The van der Waals surface area contributed by atoms with Crippen LogP contribution in [0.5, 0.6) is 0 Å². The van der Waals surface area contributed by atoms with Crippen LogP contribution in [0.1, 0.15) is 50.0 Å². The maximum Gasteiger partial charge on any atom is 0 e. The number of hydrogen-bond acceptors (Lipinski definition) is 0. The average Bonchev–Trinajstić information content (AvgIpc) is 1.65. The molecule has 0 rings (SSSR count). The van der Waals surface area contributed by atoms with Crippen molar-refractivity contribution in [3.05, 3.63) is 33.9 Å². The second kappa shape index (κ2) is 51.9. The van der Waals surface area contributed by atoms with Gasteiger partial charge in [-0.05, 0) is 0 Å². The van der Waals surface area contributed by atoms with Gasteiger partial charge in [-0.2, -0.15) is 6.92 Å². The van der Waals surface area contributed by atoms with Crippen molar-refractivity contribution >= 4 is 0 Å². The van der Waals surface area contributed by atoms with Gasteiger partial charge in [0.2, 0.25) is 0 Å². The minimum Gasteiger partial charge on any atom is -0.500 e. The summed E-state index contributed by atoms with van der Waals surface area (Å²) in [7, 11) is 0. The molecule has 0 heterocycles. The first kappa shape index (κ1) is 75.8. The molecule has 0 unspecified atom stereocenters. The van der Waals surface area contributed by atoms with Gasteiger partial charge in [-0.1, -0.05) is 49.0 Å². The Balaban J connectivity index is -0.00000000500. The van der Waals surface area contributed by atoms with Crippen molar-refractivity contribution < 1.29 is 98.1 Å². The summed E-state index contributed by atoms with van der Waals surface area (Å²) in [5, 5.41) is 0. The van der Waals surface area contributed by atoms with Crippen LogP contribution in [0.4, 0.5) is 0 Å². The molecule has 3 radical (unpaired) electrons. The summed E-state index contributed by atoms with van der Waals surface area (Å²) < 4.78 is 0. The van der Waals surface area contributed by atoms with Crippen molar-refractivity contribution in [3.8, 4) is 0 Å². The molecule has 0 saturated heterocycles. The molecule has 0 aromatic carbocycles. The van der Waals surface area contributed by atoms with E-state index in [1.807, 2.05) is 6.92 Å². The van der Waals surface area contributed by atoms with E-state index in [1.54, 1.807) is 0 Å². The minimum absolute atomic E-state index is 0. The minimum atomic E-state index is 0. The SMILES string of the molecule is C.C.C.C[C-]=C(C)C(C)C.[CH3-].[CH3-].[CH3-].[Y].[Y].[Y]. The summed E-state index contributed by atoms with van der Waals surface area (Å²) in [5.74, 6) is 0.671. The topological polar surface area (TPSA) is 0 Å². The third-order valence-corrected chi connectivity index (χ3v) is 1.26. The molecule has 0 fully saturated rings. The molecule has 0 N–H and O–H groups in total. The Kier molecular flexibility index (Phi) is 246. The molecule has 0 aromatic rings. The van der Waals surface area contributed by atoms with E-state index < -0.39 is 0 Å². The van der Waals surface area contributed by atoms with Gasteiger partial charge in [0.25, 0.3) is 0 Å². The maximum absolute atomic E-state index is 3.08. The third-order valence-electron chi connectivity index (χ3n) is 1.26. The zero-order chi connectivity index (χ0) is 5.86. The van der Waals surface area contributed by atoms with Crippen molar-refractivity contribution in [2.24, 2.45) is 5.92 Å². The van der Waals surface area contributed by atoms with Crippen LogP contribution in [0.2, 0.25) is 0 Å². The zero-order valence-electron chi connectivity index (χ0n) is 10.3. The summed E-state index contributed by atoms with van der Waals surface area (Å²) in [6, 6.07) is 0. The number of allylic oxidation sites excluding steroid dienone is 2. The zero-order valence-corrected chi connectivity index (χ0v) is 18.8. The Labute approximate surface area is 185 Å². The van der Waals surface area contributed by atoms with Crippen LogP contribution in [0, 0.1) is 34.3 Å². The Morgan fingerprint density at radius 3 is 1.00 bits per heavy atom. The molecule has 0 bridgehead atoms. The van der Waals surface area contributed by atoms with Crippen molar-refractivity contribution in [2.45, 2.75) is 50.0 Å². The van der Waals surface area contributed by atoms with Crippen LogP contribution < -0.4 is 0 Å². The molecule has 0 nitrogen and oxygen atoms in total. The monoisotopic (exact) mass is 457 g/mol. The number of rotatable bonds is 1. The fourth-order valence-corrected chi connectivity index (χ4v) is 0.289. The number of hydrogen-bond donors (Lipinski definition) is 0. The Bertz CT molecular complexity index is 79.2. The molecule has 0 aliphatic carbocycles. The second-order valence-electron chi connectivity index (χ2n) is 2.09. The van der Waals surface area contributed by atoms with Gasteiger partial charge < -0.3 is 28.4 Å². The van der Waals surface area contributed by atoms with E-state index in [0.717, 1.165) is 0 Å². The first-order valence-electron chi connectivity index (χ1n) is 2.69. The largest absolute Gasteiger partial charge is 0.500 e. The molecule has 0 amide bonds. The standard InChI is InChI=1S/C7H13.3CH4.3CH3.3Y/c1-5-7(4)6(2)3;;;;;;;;;/h6H,1-4H3;3*1H4;3*1H3;;;/q-1;;;;3*-1;;;. The average molecular weight is 457 g/mol. The first-order valence-corrected chi connectivity index (χ1v) is 2.69. The Hall–Kier alpha value is 3.05. The summed E-state index contributed by atoms with van der Waals surface area (Å²) in [6.07, 6.45) is 3.08. The first-order chi connectivity index (χ1) is 3.18. The summed E-state index contributed by atoms with van der Waals surface area (Å²) in [4.78, 5) is 0. The van der Waals surface area contributed by atoms with Gasteiger partial charge in [0.05, 0.1) is 0 Å². The molecule has 99 valence electrons. The van der Waals surface area contributed by atoms with E-state index >= 15 is 0 Å². The van der Waals surface area contributed by atoms with Crippen molar-refractivity contribution in [1.29, 1.82) is 0 Å². The van der Waals surface area contributed by atoms with Crippen LogP contribution in [0.15, 0.2) is 5.57 Å². The van der Waals surface area contributed by atoms with Gasteiger partial charge in [0.15, 0.2) is 0 Å². The van der Waals surface area contributed by atoms with Gasteiger partial charge in [-0.25, -0.2) is 0 Å². The van der Waals surface area contributed by atoms with Crippen LogP contribution in [0.3, 0.4) is 0 Å². The van der Waals surface area contributed by atoms with Crippen LogP contribution in [-0.4, -0.2) is 0 Å². The Morgan fingerprint density at radius 2 is 1.00 bits per heavy atom. The molecule has 0 aliphatic heterocycles. The van der Waals surface area contributed by atoms with Crippen molar-refractivity contribution in [1.82, 2.24) is 0 Å². The van der Waals surface area contributed by atoms with Gasteiger partial charge in [-0.3, -0.25) is 5.57 Å². The molecule has 0 saturated carbocycles. The second-order valence-corrected chi connectivity index (χ2v) is 2.09. The van der Waals surface area contributed by atoms with E-state index in [-0.39, 0.29) is 143 Å². The predicted molar refractivity (Wildman–Crippen MR) is 72.4 cm³/mol. The fourth-order valence-electron chi connectivity index (χ4n) is 0.289. The molecule has 0 spiro atoms. The summed E-state index contributed by atoms with van der Waals surface area (Å²) in [5.41, 5.74) is 1.35. The summed E-state index contributed by atoms with van der Waals surface area (Å²) in [6.45, 7) is 8.40. The van der Waals surface area contributed by atoms with Gasteiger partial charge in [-0.15, -0.1) is 0 Å². The molecule has 3 heteroatoms. The van der Waals surface area contributed by atoms with Gasteiger partial charge in [0, 0.05) is 98.1 Å². The molecule has 0 atom stereocenters. The van der Waals surface area contributed by atoms with Gasteiger partial charge >= 0.3 is 0 Å². The van der Waals surface area contributed by atoms with E-state index in [9.17, 15) is 0 Å². The van der Waals surface area contributed by atoms with E-state index in [0.29, 0.717) is 5.92 Å². The normalized spacial score (nSPS) is 5.69. The fraction of sp³-hybridized carbons (Fsp3) is 0.615. The van der Waals surface area contributed by atoms with E-state index in [4.69, 9.17) is 0 Å². The molecular formula is C13H34Y3-4. The van der Waals surface area contributed by atoms with Crippen LogP contribution in [-0.2, 0) is 98.1 Å².